The Labute approximate surface area is 153 Å². The average molecular weight is 375 g/mol. The van der Waals surface area contributed by atoms with Crippen LogP contribution >= 0.6 is 22.9 Å². The predicted molar refractivity (Wildman–Crippen MR) is 96.5 cm³/mol. The van der Waals surface area contributed by atoms with Crippen LogP contribution in [0.4, 0.5) is 0 Å². The van der Waals surface area contributed by atoms with E-state index in [1.54, 1.807) is 29.1 Å². The molecule has 0 unspecified atom stereocenters. The lowest BCUT2D eigenvalue weighted by molar-refractivity contribution is 0.0475. The molecule has 0 N–H and O–H groups in total. The summed E-state index contributed by atoms with van der Waals surface area (Å²) in [5.74, 6) is -0.888. The van der Waals surface area contributed by atoms with Crippen molar-refractivity contribution < 1.29 is 14.3 Å². The second kappa shape index (κ2) is 7.63. The van der Waals surface area contributed by atoms with Crippen LogP contribution < -0.4 is 0 Å². The molecule has 0 aliphatic carbocycles. The van der Waals surface area contributed by atoms with E-state index >= 15 is 0 Å². The Morgan fingerprint density at radius 2 is 1.96 bits per heavy atom. The minimum Gasteiger partial charge on any atom is -0.454 e. The number of halogens is 1. The number of benzene rings is 1. The van der Waals surface area contributed by atoms with Gasteiger partial charge in [-0.15, -0.1) is 11.3 Å². The quantitative estimate of drug-likeness (QED) is 0.483. The molecule has 128 valence electrons. The van der Waals surface area contributed by atoms with Gasteiger partial charge in [-0.3, -0.25) is 4.79 Å². The average Bonchev–Trinajstić information content (AvgIpc) is 3.23. The van der Waals surface area contributed by atoms with Crippen molar-refractivity contribution >= 4 is 34.7 Å². The molecule has 2 aromatic heterocycles. The van der Waals surface area contributed by atoms with Crippen molar-refractivity contribution in [2.75, 3.05) is 6.61 Å². The number of carbonyl (C=O) groups is 2. The summed E-state index contributed by atoms with van der Waals surface area (Å²) in [6.45, 7) is 1.81. The van der Waals surface area contributed by atoms with E-state index in [9.17, 15) is 9.59 Å². The van der Waals surface area contributed by atoms with E-state index in [1.807, 2.05) is 30.3 Å². The summed E-state index contributed by atoms with van der Waals surface area (Å²) in [6.07, 6.45) is 0. The maximum Gasteiger partial charge on any atom is 0.343 e. The Kier molecular flexibility index (Phi) is 5.31. The number of Topliss-reactive ketones (excluding diaryl/α,β-unsaturated/α-hetero) is 1. The van der Waals surface area contributed by atoms with Crippen molar-refractivity contribution in [1.29, 1.82) is 0 Å². The lowest BCUT2D eigenvalue weighted by Gasteiger charge is -2.05. The van der Waals surface area contributed by atoms with Crippen molar-refractivity contribution in [3.63, 3.8) is 0 Å². The highest BCUT2D eigenvalue weighted by Gasteiger charge is 2.22. The number of ketones is 1. The Hall–Kier alpha value is -2.44. The van der Waals surface area contributed by atoms with Gasteiger partial charge in [-0.1, -0.05) is 48.0 Å². The van der Waals surface area contributed by atoms with Crippen molar-refractivity contribution in [3.05, 3.63) is 74.7 Å². The fraction of sp³-hybridized carbons (Fsp3) is 0.167. The summed E-state index contributed by atoms with van der Waals surface area (Å²) in [5, 5.41) is 6.30. The van der Waals surface area contributed by atoms with Crippen LogP contribution in [0.5, 0.6) is 0 Å². The number of aromatic nitrogens is 2. The maximum absolute atomic E-state index is 12.3. The lowest BCUT2D eigenvalue weighted by Crippen LogP contribution is -2.14. The molecule has 0 atom stereocenters. The molecule has 0 saturated heterocycles. The van der Waals surface area contributed by atoms with E-state index in [2.05, 4.69) is 5.10 Å². The number of hydrogen-bond donors (Lipinski definition) is 0. The van der Waals surface area contributed by atoms with E-state index < -0.39 is 5.97 Å². The molecule has 3 rings (SSSR count). The third kappa shape index (κ3) is 3.97. The topological polar surface area (TPSA) is 61.2 Å². The van der Waals surface area contributed by atoms with Gasteiger partial charge in [-0.25, -0.2) is 9.48 Å². The zero-order valence-corrected chi connectivity index (χ0v) is 15.0. The first-order valence-electron chi connectivity index (χ1n) is 7.57. The molecule has 0 aliphatic rings. The van der Waals surface area contributed by atoms with Crippen LogP contribution in [0.25, 0.3) is 0 Å². The molecule has 0 saturated carbocycles. The standard InChI is InChI=1S/C18H15ClN2O3S/c1-12-16(18(23)24-11-14(22)15-8-5-9-25-15)17(19)21(20-12)10-13-6-3-2-4-7-13/h2-9H,10-11H2,1H3. The molecule has 7 heteroatoms. The molecular formula is C18H15ClN2O3S. The summed E-state index contributed by atoms with van der Waals surface area (Å²) < 4.78 is 6.66. The summed E-state index contributed by atoms with van der Waals surface area (Å²) in [4.78, 5) is 24.8. The zero-order chi connectivity index (χ0) is 17.8. The van der Waals surface area contributed by atoms with Crippen molar-refractivity contribution in [2.45, 2.75) is 13.5 Å². The van der Waals surface area contributed by atoms with Crippen molar-refractivity contribution in [1.82, 2.24) is 9.78 Å². The second-order valence-electron chi connectivity index (χ2n) is 5.37. The van der Waals surface area contributed by atoms with Crippen LogP contribution in [0.3, 0.4) is 0 Å². The maximum atomic E-state index is 12.3. The molecule has 0 fully saturated rings. The van der Waals surface area contributed by atoms with Gasteiger partial charge in [0.1, 0.15) is 10.7 Å². The molecule has 0 radical (unpaired) electrons. The van der Waals surface area contributed by atoms with Gasteiger partial charge >= 0.3 is 5.97 Å². The summed E-state index contributed by atoms with van der Waals surface area (Å²) in [7, 11) is 0. The fourth-order valence-electron chi connectivity index (χ4n) is 2.36. The van der Waals surface area contributed by atoms with Gasteiger partial charge in [0.25, 0.3) is 0 Å². The number of carbonyl (C=O) groups excluding carboxylic acids is 2. The smallest absolute Gasteiger partial charge is 0.343 e. The number of hydrogen-bond acceptors (Lipinski definition) is 5. The molecule has 5 nitrogen and oxygen atoms in total. The third-order valence-corrected chi connectivity index (χ3v) is 4.87. The monoisotopic (exact) mass is 374 g/mol. The minimum atomic E-state index is -0.647. The van der Waals surface area contributed by atoms with E-state index in [4.69, 9.17) is 16.3 Å². The number of esters is 1. The fourth-order valence-corrected chi connectivity index (χ4v) is 3.32. The largest absolute Gasteiger partial charge is 0.454 e. The van der Waals surface area contributed by atoms with E-state index in [0.29, 0.717) is 17.1 Å². The van der Waals surface area contributed by atoms with Gasteiger partial charge in [0.05, 0.1) is 17.1 Å². The number of rotatable bonds is 6. The SMILES string of the molecule is Cc1nn(Cc2ccccc2)c(Cl)c1C(=O)OCC(=O)c1cccs1. The molecule has 3 aromatic rings. The Morgan fingerprint density at radius 1 is 1.20 bits per heavy atom. The van der Waals surface area contributed by atoms with Gasteiger partial charge in [0, 0.05) is 0 Å². The van der Waals surface area contributed by atoms with Crippen molar-refractivity contribution in [2.24, 2.45) is 0 Å². The van der Waals surface area contributed by atoms with E-state index in [1.165, 1.54) is 11.3 Å². The molecule has 0 bridgehead atoms. The number of thiophene rings is 1. The van der Waals surface area contributed by atoms with Gasteiger partial charge in [0.15, 0.2) is 6.61 Å². The molecule has 25 heavy (non-hydrogen) atoms. The molecule has 0 spiro atoms. The van der Waals surface area contributed by atoms with Crippen LogP contribution in [0, 0.1) is 6.92 Å². The van der Waals surface area contributed by atoms with Crippen LogP contribution in [0.2, 0.25) is 5.15 Å². The highest BCUT2D eigenvalue weighted by atomic mass is 35.5. The summed E-state index contributed by atoms with van der Waals surface area (Å²) in [5.41, 5.74) is 1.67. The third-order valence-electron chi connectivity index (χ3n) is 3.58. The minimum absolute atomic E-state index is 0.191. The first kappa shape index (κ1) is 17.4. The summed E-state index contributed by atoms with van der Waals surface area (Å²) >= 11 is 7.61. The van der Waals surface area contributed by atoms with Crippen molar-refractivity contribution in [3.8, 4) is 0 Å². The Balaban J connectivity index is 1.71. The first-order chi connectivity index (χ1) is 12.1. The molecule has 1 aromatic carbocycles. The number of ether oxygens (including phenoxy) is 1. The van der Waals surface area contributed by atoms with Gasteiger partial charge in [-0.05, 0) is 23.9 Å². The number of nitrogens with zero attached hydrogens (tertiary/aromatic N) is 2. The molecular weight excluding hydrogens is 360 g/mol. The van der Waals surface area contributed by atoms with Gasteiger partial charge in [-0.2, -0.15) is 5.10 Å². The number of aryl methyl sites for hydroxylation is 1. The molecule has 0 aliphatic heterocycles. The lowest BCUT2D eigenvalue weighted by atomic mass is 10.2. The molecule has 2 heterocycles. The van der Waals surface area contributed by atoms with Gasteiger partial charge < -0.3 is 4.74 Å². The second-order valence-corrected chi connectivity index (χ2v) is 6.68. The van der Waals surface area contributed by atoms with E-state index in [-0.39, 0.29) is 23.1 Å². The predicted octanol–water partition coefficient (Wildman–Crippen LogP) is 3.99. The van der Waals surface area contributed by atoms with E-state index in [0.717, 1.165) is 5.56 Å². The highest BCUT2D eigenvalue weighted by molar-refractivity contribution is 7.12. The van der Waals surface area contributed by atoms with Crippen LogP contribution in [0.15, 0.2) is 47.8 Å². The van der Waals surface area contributed by atoms with Gasteiger partial charge in [0.2, 0.25) is 5.78 Å². The highest BCUT2D eigenvalue weighted by Crippen LogP contribution is 2.22. The zero-order valence-electron chi connectivity index (χ0n) is 13.4. The normalized spacial score (nSPS) is 10.6. The first-order valence-corrected chi connectivity index (χ1v) is 8.82. The van der Waals surface area contributed by atoms with Crippen LogP contribution in [0.1, 0.15) is 31.3 Å². The summed E-state index contributed by atoms with van der Waals surface area (Å²) in [6, 6.07) is 13.1. The Morgan fingerprint density at radius 3 is 2.64 bits per heavy atom. The molecule has 0 amide bonds. The van der Waals surface area contributed by atoms with Crippen LogP contribution in [-0.2, 0) is 11.3 Å². The Bertz CT molecular complexity index is 889. The van der Waals surface area contributed by atoms with Crippen LogP contribution in [-0.4, -0.2) is 28.1 Å².